The van der Waals surface area contributed by atoms with Gasteiger partial charge in [-0.2, -0.15) is 11.8 Å². The summed E-state index contributed by atoms with van der Waals surface area (Å²) < 4.78 is 0. The molecule has 0 aromatic carbocycles. The zero-order valence-corrected chi connectivity index (χ0v) is 10.5. The van der Waals surface area contributed by atoms with Crippen LogP contribution in [-0.4, -0.2) is 46.7 Å². The normalized spacial score (nSPS) is 39.2. The van der Waals surface area contributed by atoms with E-state index in [0.717, 1.165) is 13.0 Å². The summed E-state index contributed by atoms with van der Waals surface area (Å²) in [6, 6.07) is 0.706. The molecule has 1 aliphatic carbocycles. The van der Waals surface area contributed by atoms with Crippen LogP contribution in [-0.2, 0) is 0 Å². The number of aliphatic hydroxyl groups excluding tert-OH is 1. The predicted octanol–water partition coefficient (Wildman–Crippen LogP) is 1.97. The lowest BCUT2D eigenvalue weighted by molar-refractivity contribution is 0.0410. The summed E-state index contributed by atoms with van der Waals surface area (Å²) in [5, 5.41) is 9.95. The van der Waals surface area contributed by atoms with Crippen molar-refractivity contribution >= 4 is 11.8 Å². The van der Waals surface area contributed by atoms with E-state index in [1.54, 1.807) is 0 Å². The maximum Gasteiger partial charge on any atom is 0.0580 e. The Morgan fingerprint density at radius 1 is 1.33 bits per heavy atom. The van der Waals surface area contributed by atoms with Gasteiger partial charge in [-0.25, -0.2) is 0 Å². The molecule has 1 heterocycles. The molecule has 3 atom stereocenters. The van der Waals surface area contributed by atoms with E-state index in [-0.39, 0.29) is 6.10 Å². The first-order valence-electron chi connectivity index (χ1n) is 6.27. The molecule has 3 unspecified atom stereocenters. The van der Waals surface area contributed by atoms with Gasteiger partial charge in [-0.05, 0) is 25.7 Å². The van der Waals surface area contributed by atoms with Crippen LogP contribution in [0.4, 0.5) is 0 Å². The number of rotatable bonds is 2. The molecule has 88 valence electrons. The first-order valence-corrected chi connectivity index (χ1v) is 7.42. The third kappa shape index (κ3) is 3.11. The van der Waals surface area contributed by atoms with Crippen LogP contribution >= 0.6 is 11.8 Å². The van der Waals surface area contributed by atoms with E-state index in [1.165, 1.54) is 37.3 Å². The van der Waals surface area contributed by atoms with Gasteiger partial charge in [0.15, 0.2) is 0 Å². The van der Waals surface area contributed by atoms with Crippen LogP contribution < -0.4 is 0 Å². The third-order valence-corrected chi connectivity index (χ3v) is 5.03. The summed E-state index contributed by atoms with van der Waals surface area (Å²) in [6.07, 6.45) is 4.78. The van der Waals surface area contributed by atoms with Crippen LogP contribution in [0.25, 0.3) is 0 Å². The number of nitrogens with zero attached hydrogens (tertiary/aromatic N) is 1. The smallest absolute Gasteiger partial charge is 0.0580 e. The van der Waals surface area contributed by atoms with E-state index in [9.17, 15) is 5.11 Å². The molecule has 3 heteroatoms. The molecule has 0 aromatic rings. The molecule has 0 amide bonds. The van der Waals surface area contributed by atoms with E-state index >= 15 is 0 Å². The van der Waals surface area contributed by atoms with Crippen molar-refractivity contribution in [2.75, 3.05) is 24.6 Å². The third-order valence-electron chi connectivity index (χ3n) is 3.84. The monoisotopic (exact) mass is 229 g/mol. The van der Waals surface area contributed by atoms with Gasteiger partial charge in [0, 0.05) is 30.6 Å². The Kier molecular flexibility index (Phi) is 4.35. The first kappa shape index (κ1) is 11.7. The molecule has 1 saturated heterocycles. The average molecular weight is 229 g/mol. The van der Waals surface area contributed by atoms with E-state index in [0.29, 0.717) is 12.0 Å². The lowest BCUT2D eigenvalue weighted by Gasteiger charge is -2.38. The van der Waals surface area contributed by atoms with Crippen LogP contribution in [0.5, 0.6) is 0 Å². The second kappa shape index (κ2) is 5.55. The summed E-state index contributed by atoms with van der Waals surface area (Å²) in [7, 11) is 0. The Hall–Kier alpha value is 0.270. The minimum Gasteiger partial charge on any atom is -0.393 e. The fourth-order valence-corrected chi connectivity index (χ4v) is 3.82. The van der Waals surface area contributed by atoms with E-state index in [2.05, 4.69) is 23.6 Å². The fraction of sp³-hybridized carbons (Fsp3) is 1.00. The second-order valence-corrected chi connectivity index (χ2v) is 6.18. The quantitative estimate of drug-likeness (QED) is 0.783. The van der Waals surface area contributed by atoms with Gasteiger partial charge < -0.3 is 5.11 Å². The Labute approximate surface area is 97.4 Å². The number of aliphatic hydroxyl groups is 1. The Bertz CT molecular complexity index is 180. The fourth-order valence-electron chi connectivity index (χ4n) is 2.73. The molecule has 2 fully saturated rings. The molecule has 0 bridgehead atoms. The standard InChI is InChI=1S/C12H23NOS/c1-10-9-15-7-6-13(10)8-11-4-2-3-5-12(11)14/h10-12,14H,2-9H2,1H3. The SMILES string of the molecule is CC1CSCCN1CC1CCCCC1O. The molecule has 1 aliphatic heterocycles. The van der Waals surface area contributed by atoms with E-state index < -0.39 is 0 Å². The summed E-state index contributed by atoms with van der Waals surface area (Å²) in [4.78, 5) is 2.58. The van der Waals surface area contributed by atoms with Crippen LogP contribution in [0.15, 0.2) is 0 Å². The van der Waals surface area contributed by atoms with Crippen molar-refractivity contribution in [2.45, 2.75) is 44.8 Å². The predicted molar refractivity (Wildman–Crippen MR) is 66.3 cm³/mol. The zero-order valence-electron chi connectivity index (χ0n) is 9.69. The van der Waals surface area contributed by atoms with Crippen molar-refractivity contribution in [1.29, 1.82) is 0 Å². The van der Waals surface area contributed by atoms with Gasteiger partial charge in [-0.1, -0.05) is 12.8 Å². The highest BCUT2D eigenvalue weighted by Gasteiger charge is 2.27. The largest absolute Gasteiger partial charge is 0.393 e. The van der Waals surface area contributed by atoms with Gasteiger partial charge in [0.2, 0.25) is 0 Å². The van der Waals surface area contributed by atoms with Crippen molar-refractivity contribution in [3.05, 3.63) is 0 Å². The number of hydrogen-bond donors (Lipinski definition) is 1. The minimum atomic E-state index is -0.0273. The van der Waals surface area contributed by atoms with Crippen molar-refractivity contribution in [3.63, 3.8) is 0 Å². The Morgan fingerprint density at radius 3 is 2.87 bits per heavy atom. The van der Waals surface area contributed by atoms with Crippen molar-refractivity contribution in [2.24, 2.45) is 5.92 Å². The molecule has 0 aromatic heterocycles. The van der Waals surface area contributed by atoms with Gasteiger partial charge in [-0.3, -0.25) is 4.90 Å². The lowest BCUT2D eigenvalue weighted by atomic mass is 9.86. The van der Waals surface area contributed by atoms with Crippen LogP contribution in [0.3, 0.4) is 0 Å². The maximum atomic E-state index is 9.95. The molecule has 0 spiro atoms. The zero-order chi connectivity index (χ0) is 10.7. The molecule has 1 N–H and O–H groups in total. The molecular formula is C12H23NOS. The number of thioether (sulfide) groups is 1. The summed E-state index contributed by atoms with van der Waals surface area (Å²) in [5.41, 5.74) is 0. The molecule has 2 aliphatic rings. The highest BCUT2D eigenvalue weighted by atomic mass is 32.2. The van der Waals surface area contributed by atoms with Crippen molar-refractivity contribution in [1.82, 2.24) is 4.90 Å². The highest BCUT2D eigenvalue weighted by molar-refractivity contribution is 7.99. The molecular weight excluding hydrogens is 206 g/mol. The summed E-state index contributed by atoms with van der Waals surface area (Å²) >= 11 is 2.07. The van der Waals surface area contributed by atoms with Gasteiger partial charge >= 0.3 is 0 Å². The molecule has 2 rings (SSSR count). The van der Waals surface area contributed by atoms with Crippen molar-refractivity contribution in [3.8, 4) is 0 Å². The second-order valence-electron chi connectivity index (χ2n) is 5.03. The van der Waals surface area contributed by atoms with Crippen LogP contribution in [0.1, 0.15) is 32.6 Å². The van der Waals surface area contributed by atoms with Crippen molar-refractivity contribution < 1.29 is 5.11 Å². The van der Waals surface area contributed by atoms with Crippen LogP contribution in [0, 0.1) is 5.92 Å². The summed E-state index contributed by atoms with van der Waals surface area (Å²) in [5.74, 6) is 3.08. The average Bonchev–Trinajstić information content (AvgIpc) is 2.24. The topological polar surface area (TPSA) is 23.5 Å². The number of hydrogen-bond acceptors (Lipinski definition) is 3. The van der Waals surface area contributed by atoms with Crippen LogP contribution in [0.2, 0.25) is 0 Å². The van der Waals surface area contributed by atoms with E-state index in [4.69, 9.17) is 0 Å². The molecule has 2 nitrogen and oxygen atoms in total. The Morgan fingerprint density at radius 2 is 2.13 bits per heavy atom. The Balaban J connectivity index is 1.83. The molecule has 1 saturated carbocycles. The van der Waals surface area contributed by atoms with Gasteiger partial charge in [0.25, 0.3) is 0 Å². The van der Waals surface area contributed by atoms with E-state index in [1.807, 2.05) is 0 Å². The highest BCUT2D eigenvalue weighted by Crippen LogP contribution is 2.27. The van der Waals surface area contributed by atoms with Gasteiger partial charge in [0.05, 0.1) is 6.10 Å². The lowest BCUT2D eigenvalue weighted by Crippen LogP contribution is -2.45. The maximum absolute atomic E-state index is 9.95. The minimum absolute atomic E-state index is 0.0273. The van der Waals surface area contributed by atoms with Gasteiger partial charge in [0.1, 0.15) is 0 Å². The summed E-state index contributed by atoms with van der Waals surface area (Å²) in [6.45, 7) is 4.67. The first-order chi connectivity index (χ1) is 7.27. The molecule has 0 radical (unpaired) electrons. The van der Waals surface area contributed by atoms with Gasteiger partial charge in [-0.15, -0.1) is 0 Å². The molecule has 15 heavy (non-hydrogen) atoms.